The van der Waals surface area contributed by atoms with Crippen molar-refractivity contribution in [1.29, 1.82) is 0 Å². The van der Waals surface area contributed by atoms with Crippen LogP contribution in [0.3, 0.4) is 0 Å². The molecular weight excluding hydrogens is 410 g/mol. The lowest BCUT2D eigenvalue weighted by Crippen LogP contribution is -2.31. The lowest BCUT2D eigenvalue weighted by atomic mass is 10.0. The van der Waals surface area contributed by atoms with Crippen LogP contribution in [0.15, 0.2) is 87.6 Å². The Morgan fingerprint density at radius 2 is 1.90 bits per heavy atom. The third kappa shape index (κ3) is 3.87. The van der Waals surface area contributed by atoms with Crippen LogP contribution in [0, 0.1) is 0 Å². The van der Waals surface area contributed by atoms with Gasteiger partial charge in [-0.25, -0.2) is 4.98 Å². The first-order chi connectivity index (χ1) is 15.2. The van der Waals surface area contributed by atoms with Crippen LogP contribution in [0.1, 0.15) is 23.8 Å². The molecule has 5 rings (SSSR count). The molecule has 0 aliphatic rings. The number of rotatable bonds is 6. The molecule has 0 bridgehead atoms. The maximum atomic E-state index is 12.8. The van der Waals surface area contributed by atoms with Gasteiger partial charge in [-0.05, 0) is 29.1 Å². The van der Waals surface area contributed by atoms with Gasteiger partial charge >= 0.3 is 0 Å². The molecule has 0 fully saturated rings. The Labute approximate surface area is 181 Å². The minimum Gasteiger partial charge on any atom is -0.459 e. The number of furan rings is 1. The zero-order chi connectivity index (χ0) is 21.2. The van der Waals surface area contributed by atoms with Gasteiger partial charge in [0, 0.05) is 18.4 Å². The molecule has 0 aliphatic carbocycles. The van der Waals surface area contributed by atoms with E-state index >= 15 is 0 Å². The van der Waals surface area contributed by atoms with Crippen molar-refractivity contribution in [3.8, 4) is 0 Å². The zero-order valence-corrected chi connectivity index (χ0v) is 17.3. The third-order valence-electron chi connectivity index (χ3n) is 5.20. The highest BCUT2D eigenvalue weighted by Gasteiger charge is 2.21. The van der Waals surface area contributed by atoms with Crippen LogP contribution in [0.4, 0.5) is 0 Å². The smallest absolute Gasteiger partial charge is 0.262 e. The molecule has 2 aromatic carbocycles. The Kier molecular flexibility index (Phi) is 5.09. The number of hydrogen-bond donors (Lipinski definition) is 1. The molecule has 0 radical (unpaired) electrons. The van der Waals surface area contributed by atoms with E-state index in [-0.39, 0.29) is 24.4 Å². The monoisotopic (exact) mass is 429 g/mol. The van der Waals surface area contributed by atoms with Gasteiger partial charge in [0.1, 0.15) is 22.2 Å². The normalized spacial score (nSPS) is 12.3. The molecular formula is C24H19N3O3S. The molecule has 0 saturated heterocycles. The van der Waals surface area contributed by atoms with E-state index in [4.69, 9.17) is 4.42 Å². The highest BCUT2D eigenvalue weighted by molar-refractivity contribution is 7.16. The van der Waals surface area contributed by atoms with Crippen LogP contribution in [-0.4, -0.2) is 15.5 Å². The van der Waals surface area contributed by atoms with Crippen LogP contribution in [0.2, 0.25) is 0 Å². The first-order valence-corrected chi connectivity index (χ1v) is 10.8. The Balaban J connectivity index is 1.37. The second-order valence-corrected chi connectivity index (χ2v) is 8.12. The largest absolute Gasteiger partial charge is 0.459 e. The Morgan fingerprint density at radius 3 is 2.74 bits per heavy atom. The quantitative estimate of drug-likeness (QED) is 0.431. The van der Waals surface area contributed by atoms with Gasteiger partial charge in [0.15, 0.2) is 0 Å². The highest BCUT2D eigenvalue weighted by Crippen LogP contribution is 2.28. The first kappa shape index (κ1) is 19.3. The summed E-state index contributed by atoms with van der Waals surface area (Å²) in [6.07, 6.45) is 1.66. The molecule has 0 saturated carbocycles. The maximum Gasteiger partial charge on any atom is 0.262 e. The highest BCUT2D eigenvalue weighted by atomic mass is 32.1. The standard InChI is InChI=1S/C24H19N3O3S/c28-21(10-12-27-15-25-23-18(24(27)29)11-13-31-23)26-22(16-6-2-1-3-7-16)20-14-17-8-4-5-9-19(17)30-20/h1-9,11,13-15,22H,10,12H2,(H,26,28)/t22-/m0/s1. The predicted octanol–water partition coefficient (Wildman–Crippen LogP) is 4.50. The molecule has 7 heteroatoms. The summed E-state index contributed by atoms with van der Waals surface area (Å²) in [7, 11) is 0. The van der Waals surface area contributed by atoms with Gasteiger partial charge in [-0.3, -0.25) is 14.2 Å². The number of nitrogens with zero attached hydrogens (tertiary/aromatic N) is 2. The summed E-state index contributed by atoms with van der Waals surface area (Å²) < 4.78 is 7.51. The number of carbonyl (C=O) groups is 1. The van der Waals surface area contributed by atoms with Gasteiger partial charge in [0.25, 0.3) is 5.56 Å². The van der Waals surface area contributed by atoms with Crippen LogP contribution in [0.25, 0.3) is 21.2 Å². The maximum absolute atomic E-state index is 12.8. The van der Waals surface area contributed by atoms with Crippen LogP contribution in [0.5, 0.6) is 0 Å². The molecule has 1 atom stereocenters. The van der Waals surface area contributed by atoms with E-state index in [0.717, 1.165) is 16.5 Å². The molecule has 3 heterocycles. The van der Waals surface area contributed by atoms with Crippen LogP contribution < -0.4 is 10.9 Å². The van der Waals surface area contributed by atoms with Crippen molar-refractivity contribution in [2.75, 3.05) is 0 Å². The number of aryl methyl sites for hydroxylation is 1. The number of benzene rings is 2. The summed E-state index contributed by atoms with van der Waals surface area (Å²) in [4.78, 5) is 30.4. The average Bonchev–Trinajstić information content (AvgIpc) is 3.45. The zero-order valence-electron chi connectivity index (χ0n) is 16.5. The van der Waals surface area contributed by atoms with Crippen molar-refractivity contribution < 1.29 is 9.21 Å². The average molecular weight is 430 g/mol. The van der Waals surface area contributed by atoms with Gasteiger partial charge in [0.2, 0.25) is 5.91 Å². The minimum absolute atomic E-state index is 0.129. The van der Waals surface area contributed by atoms with Crippen molar-refractivity contribution in [2.45, 2.75) is 19.0 Å². The fourth-order valence-corrected chi connectivity index (χ4v) is 4.34. The SMILES string of the molecule is O=C(CCn1cnc2sccc2c1=O)N[C@@H](c1ccccc1)c1cc2ccccc2o1. The molecule has 0 aliphatic heterocycles. The van der Waals surface area contributed by atoms with Crippen LogP contribution >= 0.6 is 11.3 Å². The number of para-hydroxylation sites is 1. The number of aromatic nitrogens is 2. The predicted molar refractivity (Wildman–Crippen MR) is 121 cm³/mol. The second-order valence-electron chi connectivity index (χ2n) is 7.23. The van der Waals surface area contributed by atoms with E-state index < -0.39 is 6.04 Å². The fraction of sp³-hybridized carbons (Fsp3) is 0.125. The van der Waals surface area contributed by atoms with Gasteiger partial charge in [-0.15, -0.1) is 11.3 Å². The molecule has 0 unspecified atom stereocenters. The molecule has 6 nitrogen and oxygen atoms in total. The molecule has 1 amide bonds. The number of nitrogens with one attached hydrogen (secondary N) is 1. The molecule has 1 N–H and O–H groups in total. The Morgan fingerprint density at radius 1 is 1.10 bits per heavy atom. The number of carbonyl (C=O) groups excluding carboxylic acids is 1. The van der Waals surface area contributed by atoms with Crippen molar-refractivity contribution in [3.63, 3.8) is 0 Å². The van der Waals surface area contributed by atoms with Crippen LogP contribution in [-0.2, 0) is 11.3 Å². The van der Waals surface area contributed by atoms with Gasteiger partial charge < -0.3 is 9.73 Å². The number of thiophene rings is 1. The number of fused-ring (bicyclic) bond motifs is 2. The van der Waals surface area contributed by atoms with Gasteiger partial charge in [0.05, 0.1) is 11.7 Å². The van der Waals surface area contributed by atoms with Gasteiger partial charge in [-0.2, -0.15) is 0 Å². The lowest BCUT2D eigenvalue weighted by molar-refractivity contribution is -0.121. The third-order valence-corrected chi connectivity index (χ3v) is 6.02. The summed E-state index contributed by atoms with van der Waals surface area (Å²) in [5.74, 6) is 0.492. The van der Waals surface area contributed by atoms with E-state index in [0.29, 0.717) is 16.0 Å². The van der Waals surface area contributed by atoms with Crippen molar-refractivity contribution >= 4 is 38.4 Å². The van der Waals surface area contributed by atoms with E-state index in [9.17, 15) is 9.59 Å². The summed E-state index contributed by atoms with van der Waals surface area (Å²) in [6, 6.07) is 20.7. The van der Waals surface area contributed by atoms with Crippen molar-refractivity contribution in [3.05, 3.63) is 100 Å². The number of hydrogen-bond acceptors (Lipinski definition) is 5. The lowest BCUT2D eigenvalue weighted by Gasteiger charge is -2.17. The molecule has 31 heavy (non-hydrogen) atoms. The molecule has 5 aromatic rings. The summed E-state index contributed by atoms with van der Waals surface area (Å²) >= 11 is 1.43. The second kappa shape index (κ2) is 8.20. The van der Waals surface area contributed by atoms with E-state index in [1.54, 1.807) is 6.07 Å². The summed E-state index contributed by atoms with van der Waals surface area (Å²) in [5.41, 5.74) is 1.57. The fourth-order valence-electron chi connectivity index (χ4n) is 3.62. The number of amides is 1. The summed E-state index contributed by atoms with van der Waals surface area (Å²) in [6.45, 7) is 0.255. The van der Waals surface area contributed by atoms with E-state index in [1.807, 2.05) is 66.0 Å². The topological polar surface area (TPSA) is 77.1 Å². The minimum atomic E-state index is -0.421. The molecule has 0 spiro atoms. The van der Waals surface area contributed by atoms with Crippen molar-refractivity contribution in [2.24, 2.45) is 0 Å². The summed E-state index contributed by atoms with van der Waals surface area (Å²) in [5, 5.41) is 6.47. The van der Waals surface area contributed by atoms with E-state index in [2.05, 4.69) is 10.3 Å². The van der Waals surface area contributed by atoms with Crippen molar-refractivity contribution in [1.82, 2.24) is 14.9 Å². The van der Waals surface area contributed by atoms with Gasteiger partial charge in [-0.1, -0.05) is 48.5 Å². The molecule has 3 aromatic heterocycles. The Bertz CT molecular complexity index is 1390. The Hall–Kier alpha value is -3.71. The first-order valence-electron chi connectivity index (χ1n) is 9.94. The van der Waals surface area contributed by atoms with E-state index in [1.165, 1.54) is 22.2 Å². The molecule has 154 valence electrons.